The van der Waals surface area contributed by atoms with Gasteiger partial charge >= 0.3 is 0 Å². The first kappa shape index (κ1) is 15.4. The third kappa shape index (κ3) is 2.37. The Labute approximate surface area is 155 Å². The summed E-state index contributed by atoms with van der Waals surface area (Å²) in [6.07, 6.45) is 1.05. The highest BCUT2D eigenvalue weighted by Gasteiger charge is 2.20. The summed E-state index contributed by atoms with van der Waals surface area (Å²) >= 11 is 0. The van der Waals surface area contributed by atoms with E-state index in [2.05, 4.69) is 92.7 Å². The molecule has 0 saturated heterocycles. The van der Waals surface area contributed by atoms with Gasteiger partial charge in [0.2, 0.25) is 0 Å². The van der Waals surface area contributed by atoms with Crippen LogP contribution in [0, 0.1) is 0 Å². The third-order valence-electron chi connectivity index (χ3n) is 5.67. The summed E-state index contributed by atoms with van der Waals surface area (Å²) in [5.41, 5.74) is 9.81. The van der Waals surface area contributed by atoms with Gasteiger partial charge in [-0.2, -0.15) is 0 Å². The average molecular weight is 334 g/mol. The Morgan fingerprint density at radius 2 is 1.38 bits per heavy atom. The lowest BCUT2D eigenvalue weighted by Gasteiger charge is -2.09. The summed E-state index contributed by atoms with van der Waals surface area (Å²) in [7, 11) is 0. The SMILES string of the molecule is CC(C)c1ccc2c(c1)Cc1cc(-c3cccc4ccccc34)ccc1-2. The average Bonchev–Trinajstić information content (AvgIpc) is 3.04. The predicted molar refractivity (Wildman–Crippen MR) is 112 cm³/mol. The van der Waals surface area contributed by atoms with Crippen LogP contribution in [0.5, 0.6) is 0 Å². The Morgan fingerprint density at radius 1 is 0.654 bits per heavy atom. The molecule has 4 aromatic rings. The first-order chi connectivity index (χ1) is 12.7. The van der Waals surface area contributed by atoms with Gasteiger partial charge < -0.3 is 0 Å². The van der Waals surface area contributed by atoms with Crippen LogP contribution in [-0.4, -0.2) is 0 Å². The Bertz CT molecular complexity index is 1130. The molecule has 0 aromatic heterocycles. The third-order valence-corrected chi connectivity index (χ3v) is 5.67. The highest BCUT2D eigenvalue weighted by atomic mass is 14.2. The highest BCUT2D eigenvalue weighted by Crippen LogP contribution is 2.40. The van der Waals surface area contributed by atoms with Gasteiger partial charge in [-0.1, -0.05) is 92.7 Å². The molecule has 4 aromatic carbocycles. The quantitative estimate of drug-likeness (QED) is 0.320. The van der Waals surface area contributed by atoms with Crippen LogP contribution < -0.4 is 0 Å². The van der Waals surface area contributed by atoms with Gasteiger partial charge in [0.05, 0.1) is 0 Å². The van der Waals surface area contributed by atoms with Crippen molar-refractivity contribution in [2.75, 3.05) is 0 Å². The fourth-order valence-electron chi connectivity index (χ4n) is 4.23. The zero-order valence-corrected chi connectivity index (χ0v) is 15.3. The van der Waals surface area contributed by atoms with Crippen molar-refractivity contribution in [3.05, 3.63) is 95.6 Å². The fraction of sp³-hybridized carbons (Fsp3) is 0.154. The Morgan fingerprint density at radius 3 is 2.23 bits per heavy atom. The molecule has 0 heteroatoms. The summed E-state index contributed by atoms with van der Waals surface area (Å²) in [6, 6.07) is 29.2. The summed E-state index contributed by atoms with van der Waals surface area (Å²) in [5, 5.41) is 2.63. The first-order valence-corrected chi connectivity index (χ1v) is 9.45. The lowest BCUT2D eigenvalue weighted by Crippen LogP contribution is -1.89. The molecule has 0 amide bonds. The number of hydrogen-bond acceptors (Lipinski definition) is 0. The molecule has 0 radical (unpaired) electrons. The monoisotopic (exact) mass is 334 g/mol. The van der Waals surface area contributed by atoms with E-state index in [1.807, 2.05) is 0 Å². The number of hydrogen-bond donors (Lipinski definition) is 0. The second-order valence-electron chi connectivity index (χ2n) is 7.65. The molecule has 0 fully saturated rings. The zero-order valence-electron chi connectivity index (χ0n) is 15.3. The van der Waals surface area contributed by atoms with E-state index < -0.39 is 0 Å². The maximum Gasteiger partial charge on any atom is -0.00131 e. The van der Waals surface area contributed by atoms with Crippen molar-refractivity contribution >= 4 is 10.8 Å². The second kappa shape index (κ2) is 5.85. The molecular formula is C26H22. The van der Waals surface area contributed by atoms with Gasteiger partial charge in [0.15, 0.2) is 0 Å². The Kier molecular flexibility index (Phi) is 3.46. The minimum absolute atomic E-state index is 0.579. The van der Waals surface area contributed by atoms with E-state index in [0.717, 1.165) is 6.42 Å². The zero-order chi connectivity index (χ0) is 17.7. The molecule has 5 rings (SSSR count). The van der Waals surface area contributed by atoms with Crippen LogP contribution in [0.3, 0.4) is 0 Å². The van der Waals surface area contributed by atoms with Crippen molar-refractivity contribution in [1.29, 1.82) is 0 Å². The Balaban J connectivity index is 1.62. The maximum atomic E-state index is 2.40. The van der Waals surface area contributed by atoms with Crippen LogP contribution >= 0.6 is 0 Å². The molecule has 0 saturated carbocycles. The van der Waals surface area contributed by atoms with Crippen LogP contribution in [0.25, 0.3) is 33.0 Å². The normalized spacial score (nSPS) is 12.4. The molecule has 1 aliphatic carbocycles. The van der Waals surface area contributed by atoms with Crippen molar-refractivity contribution in [2.24, 2.45) is 0 Å². The van der Waals surface area contributed by atoms with Gasteiger partial charge in [0, 0.05) is 0 Å². The van der Waals surface area contributed by atoms with Crippen LogP contribution in [0.15, 0.2) is 78.9 Å². The molecule has 0 unspecified atom stereocenters. The molecule has 0 spiro atoms. The van der Waals surface area contributed by atoms with Crippen molar-refractivity contribution < 1.29 is 0 Å². The van der Waals surface area contributed by atoms with E-state index in [4.69, 9.17) is 0 Å². The lowest BCUT2D eigenvalue weighted by molar-refractivity contribution is 0.864. The van der Waals surface area contributed by atoms with E-state index in [-0.39, 0.29) is 0 Å². The molecule has 0 N–H and O–H groups in total. The predicted octanol–water partition coefficient (Wildman–Crippen LogP) is 7.20. The molecule has 26 heavy (non-hydrogen) atoms. The fourth-order valence-corrected chi connectivity index (χ4v) is 4.23. The van der Waals surface area contributed by atoms with Gasteiger partial charge in [0.25, 0.3) is 0 Å². The minimum atomic E-state index is 0.579. The minimum Gasteiger partial charge on any atom is -0.0616 e. The van der Waals surface area contributed by atoms with Gasteiger partial charge in [-0.3, -0.25) is 0 Å². The summed E-state index contributed by atoms with van der Waals surface area (Å²) in [4.78, 5) is 0. The summed E-state index contributed by atoms with van der Waals surface area (Å²) < 4.78 is 0. The van der Waals surface area contributed by atoms with Gasteiger partial charge in [-0.25, -0.2) is 0 Å². The maximum absolute atomic E-state index is 2.40. The molecule has 126 valence electrons. The van der Waals surface area contributed by atoms with E-state index in [1.54, 1.807) is 0 Å². The summed E-state index contributed by atoms with van der Waals surface area (Å²) in [6.45, 7) is 4.53. The molecule has 1 aliphatic rings. The smallest absolute Gasteiger partial charge is 0.00131 e. The van der Waals surface area contributed by atoms with Crippen molar-refractivity contribution in [1.82, 2.24) is 0 Å². The standard InChI is InChI=1S/C26H22/c1-17(2)19-10-12-25-21(14-19)16-22-15-20(11-13-26(22)25)24-9-5-7-18-6-3-4-8-23(18)24/h3-15,17H,16H2,1-2H3. The van der Waals surface area contributed by atoms with Crippen molar-refractivity contribution in [3.63, 3.8) is 0 Å². The molecule has 0 aliphatic heterocycles. The van der Waals surface area contributed by atoms with E-state index in [0.29, 0.717) is 5.92 Å². The van der Waals surface area contributed by atoms with Gasteiger partial charge in [-0.05, 0) is 62.1 Å². The van der Waals surface area contributed by atoms with Crippen LogP contribution in [-0.2, 0) is 6.42 Å². The van der Waals surface area contributed by atoms with Gasteiger partial charge in [0.1, 0.15) is 0 Å². The van der Waals surface area contributed by atoms with Crippen LogP contribution in [0.1, 0.15) is 36.5 Å². The molecule has 0 atom stereocenters. The van der Waals surface area contributed by atoms with E-state index in [1.165, 1.54) is 49.7 Å². The highest BCUT2D eigenvalue weighted by molar-refractivity contribution is 5.97. The summed E-state index contributed by atoms with van der Waals surface area (Å²) in [5.74, 6) is 0.579. The van der Waals surface area contributed by atoms with Crippen LogP contribution in [0.2, 0.25) is 0 Å². The largest absolute Gasteiger partial charge is 0.0616 e. The first-order valence-electron chi connectivity index (χ1n) is 9.45. The van der Waals surface area contributed by atoms with Crippen molar-refractivity contribution in [3.8, 4) is 22.3 Å². The van der Waals surface area contributed by atoms with E-state index >= 15 is 0 Å². The number of fused-ring (bicyclic) bond motifs is 4. The van der Waals surface area contributed by atoms with E-state index in [9.17, 15) is 0 Å². The number of rotatable bonds is 2. The second-order valence-corrected chi connectivity index (χ2v) is 7.65. The Hall–Kier alpha value is -2.86. The number of benzene rings is 4. The lowest BCUT2D eigenvalue weighted by atomic mass is 9.95. The topological polar surface area (TPSA) is 0 Å². The molecule has 0 heterocycles. The van der Waals surface area contributed by atoms with Crippen LogP contribution in [0.4, 0.5) is 0 Å². The van der Waals surface area contributed by atoms with Gasteiger partial charge in [-0.15, -0.1) is 0 Å². The molecule has 0 bridgehead atoms. The van der Waals surface area contributed by atoms with Crippen molar-refractivity contribution in [2.45, 2.75) is 26.2 Å². The molecule has 0 nitrogen and oxygen atoms in total. The molecular weight excluding hydrogens is 312 g/mol.